The molecule has 1 amide bonds. The van der Waals surface area contributed by atoms with Crippen LogP contribution in [0, 0.1) is 69.6 Å². The third-order valence-corrected chi connectivity index (χ3v) is 3.76. The van der Waals surface area contributed by atoms with Crippen molar-refractivity contribution in [3.8, 4) is 0 Å². The van der Waals surface area contributed by atoms with Crippen LogP contribution in [0.3, 0.4) is 0 Å². The molecule has 0 heterocycles. The molecule has 136 valence electrons. The molecule has 4 heteroatoms. The number of carbonyl (C=O) groups is 1. The molecule has 1 aromatic rings. The number of rotatable bonds is 5. The van der Waals surface area contributed by atoms with Gasteiger partial charge in [0, 0.05) is 12.0 Å². The van der Waals surface area contributed by atoms with E-state index in [0.717, 1.165) is 11.5 Å². The van der Waals surface area contributed by atoms with Crippen LogP contribution < -0.4 is 5.32 Å². The van der Waals surface area contributed by atoms with Crippen LogP contribution in [-0.2, 0) is 28.4 Å². The zero-order valence-electron chi connectivity index (χ0n) is 15.1. The van der Waals surface area contributed by atoms with E-state index in [1.54, 1.807) is 0 Å². The van der Waals surface area contributed by atoms with E-state index in [-0.39, 0.29) is 29.2 Å². The van der Waals surface area contributed by atoms with E-state index in [4.69, 9.17) is 4.74 Å². The van der Waals surface area contributed by atoms with Crippen LogP contribution in [0.15, 0.2) is 30.3 Å². The maximum absolute atomic E-state index is 11.9. The molecule has 2 saturated carbocycles. The normalized spacial score (nSPS) is 17.8. The van der Waals surface area contributed by atoms with E-state index in [1.165, 1.54) is 0 Å². The maximum Gasteiger partial charge on any atom is 2.00 e. The van der Waals surface area contributed by atoms with Gasteiger partial charge in [-0.15, -0.1) is 0 Å². The van der Waals surface area contributed by atoms with Gasteiger partial charge in [-0.1, -0.05) is 44.2 Å². The Labute approximate surface area is 170 Å². The van der Waals surface area contributed by atoms with E-state index in [2.05, 4.69) is 19.2 Å². The van der Waals surface area contributed by atoms with Crippen LogP contribution in [0.1, 0.15) is 19.4 Å². The Morgan fingerprint density at radius 2 is 1.46 bits per heavy atom. The Bertz CT molecular complexity index is 475. The third kappa shape index (κ3) is 8.60. The minimum atomic E-state index is -0.381. The van der Waals surface area contributed by atoms with E-state index in [9.17, 15) is 4.79 Å². The van der Waals surface area contributed by atoms with Gasteiger partial charge >= 0.3 is 23.2 Å². The zero-order valence-corrected chi connectivity index (χ0v) is 16.2. The Kier molecular flexibility index (Phi) is 11.7. The second-order valence-electron chi connectivity index (χ2n) is 6.11. The predicted octanol–water partition coefficient (Wildman–Crippen LogP) is 4.36. The average molecular weight is 391 g/mol. The van der Waals surface area contributed by atoms with E-state index < -0.39 is 0 Å². The second kappa shape index (κ2) is 13.2. The smallest absolute Gasteiger partial charge is 0.445 e. The fourth-order valence-electron chi connectivity index (χ4n) is 2.44. The molecule has 0 aliphatic heterocycles. The molecule has 10 radical (unpaired) electrons. The van der Waals surface area contributed by atoms with Crippen molar-refractivity contribution in [1.82, 2.24) is 5.32 Å². The summed E-state index contributed by atoms with van der Waals surface area (Å²) in [4.78, 5) is 11.9. The SMILES string of the molecule is CC(C)[C@H](NC(=O)OCc1ccccc1)[C]1[CH][CH][CH][CH]1.[CH]1[CH][CH][CH][CH]1.[Fe+2]. The van der Waals surface area contributed by atoms with Crippen LogP contribution in [0.4, 0.5) is 4.79 Å². The molecule has 1 aromatic carbocycles. The first-order chi connectivity index (χ1) is 12.2. The molecule has 2 aliphatic carbocycles. The van der Waals surface area contributed by atoms with Gasteiger partial charge in [0.05, 0.1) is 0 Å². The number of alkyl carbamates (subject to hydrolysis) is 1. The topological polar surface area (TPSA) is 38.3 Å². The van der Waals surface area contributed by atoms with Gasteiger partial charge < -0.3 is 10.1 Å². The fraction of sp³-hybridized carbons (Fsp3) is 0.227. The summed E-state index contributed by atoms with van der Waals surface area (Å²) in [7, 11) is 0. The minimum absolute atomic E-state index is 0. The molecule has 0 aromatic heterocycles. The molecular weight excluding hydrogens is 366 g/mol. The molecular formula is C22H25FeNO2+2. The Hall–Kier alpha value is -0.991. The number of carbonyl (C=O) groups excluding carboxylic acids is 1. The molecule has 2 fully saturated rings. The molecule has 26 heavy (non-hydrogen) atoms. The summed E-state index contributed by atoms with van der Waals surface area (Å²) < 4.78 is 5.26. The maximum atomic E-state index is 11.9. The molecule has 0 bridgehead atoms. The molecule has 1 atom stereocenters. The van der Waals surface area contributed by atoms with Gasteiger partial charge in [-0.3, -0.25) is 0 Å². The molecule has 0 spiro atoms. The van der Waals surface area contributed by atoms with Gasteiger partial charge in [0.25, 0.3) is 0 Å². The third-order valence-electron chi connectivity index (χ3n) is 3.76. The van der Waals surface area contributed by atoms with Crippen LogP contribution in [0.5, 0.6) is 0 Å². The molecule has 0 saturated heterocycles. The molecule has 1 N–H and O–H groups in total. The molecule has 3 rings (SSSR count). The van der Waals surface area contributed by atoms with Crippen molar-refractivity contribution < 1.29 is 26.6 Å². The standard InChI is InChI=1S/C17H20NO2.C5H5.Fe/c1-13(2)16(15-10-6-7-11-15)18-17(19)20-12-14-8-4-3-5-9-14;1-2-4-5-3-1;/h3-11,13,16H,12H2,1-2H3,(H,18,19);1-5H;/q;;+2/t16-;;/m0../s1. The number of hydrogen-bond acceptors (Lipinski definition) is 2. The van der Waals surface area contributed by atoms with Crippen molar-refractivity contribution in [1.29, 1.82) is 0 Å². The van der Waals surface area contributed by atoms with Gasteiger partial charge in [0.2, 0.25) is 0 Å². The minimum Gasteiger partial charge on any atom is -0.445 e. The fourth-order valence-corrected chi connectivity index (χ4v) is 2.44. The van der Waals surface area contributed by atoms with Crippen molar-refractivity contribution >= 4 is 6.09 Å². The number of hydrogen-bond donors (Lipinski definition) is 1. The summed E-state index contributed by atoms with van der Waals surface area (Å²) in [6, 6.07) is 9.64. The Morgan fingerprint density at radius 1 is 0.923 bits per heavy atom. The largest absolute Gasteiger partial charge is 2.00 e. The van der Waals surface area contributed by atoms with Gasteiger partial charge in [0.15, 0.2) is 0 Å². The van der Waals surface area contributed by atoms with Crippen LogP contribution in [0.2, 0.25) is 0 Å². The summed E-state index contributed by atoms with van der Waals surface area (Å²) in [6.07, 6.45) is 17.6. The van der Waals surface area contributed by atoms with Gasteiger partial charge in [-0.25, -0.2) is 4.79 Å². The average Bonchev–Trinajstić information content (AvgIpc) is 3.34. The van der Waals surface area contributed by atoms with Crippen molar-refractivity contribution in [3.63, 3.8) is 0 Å². The summed E-state index contributed by atoms with van der Waals surface area (Å²) in [5.41, 5.74) is 0.983. The van der Waals surface area contributed by atoms with Crippen LogP contribution >= 0.6 is 0 Å². The van der Waals surface area contributed by atoms with Crippen molar-refractivity contribution in [2.45, 2.75) is 26.5 Å². The van der Waals surface area contributed by atoms with Crippen LogP contribution in [0.25, 0.3) is 0 Å². The quantitative estimate of drug-likeness (QED) is 0.758. The summed E-state index contributed by atoms with van der Waals surface area (Å²) in [6.45, 7) is 4.45. The molecule has 0 unspecified atom stereocenters. The van der Waals surface area contributed by atoms with E-state index >= 15 is 0 Å². The summed E-state index contributed by atoms with van der Waals surface area (Å²) in [5.74, 6) is 1.42. The van der Waals surface area contributed by atoms with Crippen molar-refractivity contribution in [2.75, 3.05) is 0 Å². The monoisotopic (exact) mass is 391 g/mol. The van der Waals surface area contributed by atoms with Gasteiger partial charge in [0.1, 0.15) is 6.61 Å². The second-order valence-corrected chi connectivity index (χ2v) is 6.11. The van der Waals surface area contributed by atoms with Crippen LogP contribution in [-0.4, -0.2) is 12.1 Å². The first kappa shape index (κ1) is 23.0. The number of ether oxygens (including phenoxy) is 1. The first-order valence-electron chi connectivity index (χ1n) is 8.52. The Balaban J connectivity index is 0.000000486. The van der Waals surface area contributed by atoms with Crippen molar-refractivity contribution in [3.05, 3.63) is 99.6 Å². The van der Waals surface area contributed by atoms with Crippen molar-refractivity contribution in [2.24, 2.45) is 5.92 Å². The molecule has 3 nitrogen and oxygen atoms in total. The Morgan fingerprint density at radius 3 is 1.96 bits per heavy atom. The summed E-state index contributed by atoms with van der Waals surface area (Å²) >= 11 is 0. The zero-order chi connectivity index (χ0) is 17.9. The van der Waals surface area contributed by atoms with Gasteiger partial charge in [-0.05, 0) is 69.3 Å². The number of benzene rings is 1. The van der Waals surface area contributed by atoms with Gasteiger partial charge in [-0.2, -0.15) is 0 Å². The number of nitrogens with one attached hydrogen (secondary N) is 1. The van der Waals surface area contributed by atoms with E-state index in [1.807, 2.05) is 88.1 Å². The molecule has 2 aliphatic rings. The predicted molar refractivity (Wildman–Crippen MR) is 100 cm³/mol. The summed E-state index contributed by atoms with van der Waals surface area (Å²) in [5, 5.41) is 2.93. The number of amides is 1. The van der Waals surface area contributed by atoms with E-state index in [0.29, 0.717) is 12.5 Å². The first-order valence-corrected chi connectivity index (χ1v) is 8.52.